The standard InChI is InChI=1S/C24H19ClFN5OS/c1-14-18(25)8-5-9-19(14)27-23(32)21-20(15-10-12-17(26)13-11-15)30-31-22(28-29-24(31)33-21)16-6-3-2-4-7-16/h2-13,20-21,30H,1H3,(H,27,32)/t20-,21+/m1/s1. The van der Waals surface area contributed by atoms with Crippen molar-refractivity contribution in [1.82, 2.24) is 14.9 Å². The number of nitrogens with zero attached hydrogens (tertiary/aromatic N) is 3. The van der Waals surface area contributed by atoms with Gasteiger partial charge in [-0.3, -0.25) is 4.79 Å². The molecule has 2 heterocycles. The van der Waals surface area contributed by atoms with Crippen molar-refractivity contribution in [2.75, 3.05) is 10.7 Å². The van der Waals surface area contributed by atoms with Crippen LogP contribution >= 0.6 is 23.4 Å². The highest BCUT2D eigenvalue weighted by molar-refractivity contribution is 8.00. The number of amides is 1. The number of rotatable bonds is 4. The van der Waals surface area contributed by atoms with E-state index < -0.39 is 11.3 Å². The van der Waals surface area contributed by atoms with Crippen molar-refractivity contribution in [3.8, 4) is 11.4 Å². The molecule has 3 aromatic carbocycles. The minimum Gasteiger partial charge on any atom is -0.325 e. The topological polar surface area (TPSA) is 71.8 Å². The largest absolute Gasteiger partial charge is 0.325 e. The lowest BCUT2D eigenvalue weighted by atomic mass is 10.0. The monoisotopic (exact) mass is 479 g/mol. The normalized spacial score (nSPS) is 17.2. The number of hydrogen-bond donors (Lipinski definition) is 2. The molecule has 0 saturated carbocycles. The van der Waals surface area contributed by atoms with Crippen LogP contribution in [0.4, 0.5) is 10.1 Å². The third-order valence-electron chi connectivity index (χ3n) is 5.48. The van der Waals surface area contributed by atoms with Crippen LogP contribution in [0.15, 0.2) is 78.0 Å². The fourth-order valence-electron chi connectivity index (χ4n) is 3.70. The van der Waals surface area contributed by atoms with Gasteiger partial charge in [0.15, 0.2) is 5.82 Å². The highest BCUT2D eigenvalue weighted by Gasteiger charge is 2.38. The summed E-state index contributed by atoms with van der Waals surface area (Å²) in [5, 5.41) is 12.2. The van der Waals surface area contributed by atoms with Crippen molar-refractivity contribution in [2.45, 2.75) is 23.4 Å². The first-order valence-electron chi connectivity index (χ1n) is 10.3. The third kappa shape index (κ3) is 4.19. The van der Waals surface area contributed by atoms with Crippen LogP contribution in [0, 0.1) is 12.7 Å². The van der Waals surface area contributed by atoms with Crippen LogP contribution < -0.4 is 10.7 Å². The summed E-state index contributed by atoms with van der Waals surface area (Å²) < 4.78 is 15.4. The Morgan fingerprint density at radius 2 is 1.82 bits per heavy atom. The molecular formula is C24H19ClFN5OS. The Morgan fingerprint density at radius 3 is 2.58 bits per heavy atom. The molecule has 0 spiro atoms. The molecule has 6 nitrogen and oxygen atoms in total. The Kier molecular flexibility index (Phi) is 5.78. The van der Waals surface area contributed by atoms with Gasteiger partial charge in [0.1, 0.15) is 11.1 Å². The van der Waals surface area contributed by atoms with E-state index in [1.54, 1.807) is 28.9 Å². The summed E-state index contributed by atoms with van der Waals surface area (Å²) in [7, 11) is 0. The molecule has 33 heavy (non-hydrogen) atoms. The van der Waals surface area contributed by atoms with Gasteiger partial charge in [0.2, 0.25) is 11.1 Å². The van der Waals surface area contributed by atoms with Crippen LogP contribution in [0.2, 0.25) is 5.02 Å². The molecule has 2 N–H and O–H groups in total. The van der Waals surface area contributed by atoms with Gasteiger partial charge in [-0.05, 0) is 42.3 Å². The third-order valence-corrected chi connectivity index (χ3v) is 7.11. The number of carbonyl (C=O) groups excluding carboxylic acids is 1. The molecule has 1 aromatic heterocycles. The second kappa shape index (κ2) is 8.88. The Labute approximate surface area is 199 Å². The summed E-state index contributed by atoms with van der Waals surface area (Å²) in [6, 6.07) is 20.7. The number of aromatic nitrogens is 3. The van der Waals surface area contributed by atoms with Gasteiger partial charge in [-0.1, -0.05) is 71.9 Å². The predicted molar refractivity (Wildman–Crippen MR) is 128 cm³/mol. The summed E-state index contributed by atoms with van der Waals surface area (Å²) in [5.74, 6) is 0.0742. The molecule has 1 aliphatic heterocycles. The molecule has 166 valence electrons. The van der Waals surface area contributed by atoms with Crippen molar-refractivity contribution in [3.63, 3.8) is 0 Å². The van der Waals surface area contributed by atoms with E-state index in [4.69, 9.17) is 11.6 Å². The van der Waals surface area contributed by atoms with E-state index in [2.05, 4.69) is 20.9 Å². The zero-order valence-corrected chi connectivity index (χ0v) is 19.1. The summed E-state index contributed by atoms with van der Waals surface area (Å²) in [4.78, 5) is 13.4. The smallest absolute Gasteiger partial charge is 0.240 e. The molecule has 0 fully saturated rings. The zero-order valence-electron chi connectivity index (χ0n) is 17.5. The van der Waals surface area contributed by atoms with E-state index in [-0.39, 0.29) is 11.7 Å². The zero-order chi connectivity index (χ0) is 22.9. The number of benzene rings is 3. The fourth-order valence-corrected chi connectivity index (χ4v) is 4.95. The maximum absolute atomic E-state index is 13.6. The van der Waals surface area contributed by atoms with Gasteiger partial charge in [-0.25, -0.2) is 9.07 Å². The van der Waals surface area contributed by atoms with E-state index in [1.165, 1.54) is 23.9 Å². The molecule has 0 radical (unpaired) electrons. The summed E-state index contributed by atoms with van der Waals surface area (Å²) in [6.45, 7) is 1.85. The van der Waals surface area contributed by atoms with Crippen molar-refractivity contribution >= 4 is 35.0 Å². The van der Waals surface area contributed by atoms with Crippen LogP contribution in [0.1, 0.15) is 17.2 Å². The van der Waals surface area contributed by atoms with Gasteiger partial charge in [0.05, 0.1) is 6.04 Å². The quantitative estimate of drug-likeness (QED) is 0.407. The van der Waals surface area contributed by atoms with Gasteiger partial charge in [-0.2, -0.15) is 0 Å². The number of fused-ring (bicyclic) bond motifs is 1. The number of thioether (sulfide) groups is 1. The van der Waals surface area contributed by atoms with Gasteiger partial charge < -0.3 is 10.7 Å². The van der Waals surface area contributed by atoms with Gasteiger partial charge in [0.25, 0.3) is 0 Å². The van der Waals surface area contributed by atoms with Gasteiger partial charge in [-0.15, -0.1) is 10.2 Å². The molecule has 0 unspecified atom stereocenters. The summed E-state index contributed by atoms with van der Waals surface area (Å²) >= 11 is 7.53. The molecule has 1 amide bonds. The van der Waals surface area contributed by atoms with Gasteiger partial charge >= 0.3 is 0 Å². The lowest BCUT2D eigenvalue weighted by Crippen LogP contribution is -2.41. The Hall–Kier alpha value is -3.36. The van der Waals surface area contributed by atoms with Crippen LogP contribution in [0.25, 0.3) is 11.4 Å². The average Bonchev–Trinajstić information content (AvgIpc) is 3.25. The molecule has 2 atom stereocenters. The molecule has 0 bridgehead atoms. The highest BCUT2D eigenvalue weighted by Crippen LogP contribution is 2.39. The molecule has 4 aromatic rings. The Morgan fingerprint density at radius 1 is 1.06 bits per heavy atom. The minimum absolute atomic E-state index is 0.220. The highest BCUT2D eigenvalue weighted by atomic mass is 35.5. The number of halogens is 2. The SMILES string of the molecule is Cc1c(Cl)cccc1NC(=O)[C@H]1Sc2nnc(-c3ccccc3)n2N[C@@H]1c1ccc(F)cc1. The molecule has 5 rings (SSSR count). The van der Waals surface area contributed by atoms with E-state index in [9.17, 15) is 9.18 Å². The van der Waals surface area contributed by atoms with E-state index in [1.807, 2.05) is 43.3 Å². The molecule has 0 aliphatic carbocycles. The predicted octanol–water partition coefficient (Wildman–Crippen LogP) is 5.44. The van der Waals surface area contributed by atoms with Crippen LogP contribution in [0.5, 0.6) is 0 Å². The Bertz CT molecular complexity index is 1310. The van der Waals surface area contributed by atoms with Crippen LogP contribution in [0.3, 0.4) is 0 Å². The van der Waals surface area contributed by atoms with E-state index in [0.717, 1.165) is 16.7 Å². The fraction of sp³-hybridized carbons (Fsp3) is 0.125. The molecular weight excluding hydrogens is 461 g/mol. The summed E-state index contributed by atoms with van der Waals surface area (Å²) in [6.07, 6.45) is 0. The van der Waals surface area contributed by atoms with Crippen LogP contribution in [-0.4, -0.2) is 26.0 Å². The average molecular weight is 480 g/mol. The van der Waals surface area contributed by atoms with Crippen molar-refractivity contribution < 1.29 is 9.18 Å². The van der Waals surface area contributed by atoms with Crippen molar-refractivity contribution in [2.24, 2.45) is 0 Å². The lowest BCUT2D eigenvalue weighted by Gasteiger charge is -2.33. The van der Waals surface area contributed by atoms with E-state index in [0.29, 0.717) is 21.7 Å². The van der Waals surface area contributed by atoms with E-state index >= 15 is 0 Å². The first-order chi connectivity index (χ1) is 16.0. The number of carbonyl (C=O) groups is 1. The molecule has 0 saturated heterocycles. The molecule has 9 heteroatoms. The Balaban J connectivity index is 1.52. The first-order valence-corrected chi connectivity index (χ1v) is 11.5. The van der Waals surface area contributed by atoms with Crippen LogP contribution in [-0.2, 0) is 4.79 Å². The second-order valence-electron chi connectivity index (χ2n) is 7.61. The van der Waals surface area contributed by atoms with Gasteiger partial charge in [0, 0.05) is 16.3 Å². The summed E-state index contributed by atoms with van der Waals surface area (Å²) in [5.41, 5.74) is 6.47. The van der Waals surface area contributed by atoms with Crippen molar-refractivity contribution in [1.29, 1.82) is 0 Å². The first kappa shape index (κ1) is 21.5. The minimum atomic E-state index is -0.589. The second-order valence-corrected chi connectivity index (χ2v) is 9.12. The number of nitrogens with one attached hydrogen (secondary N) is 2. The molecule has 1 aliphatic rings. The van der Waals surface area contributed by atoms with Crippen molar-refractivity contribution in [3.05, 3.63) is 94.8 Å². The maximum Gasteiger partial charge on any atom is 0.240 e. The number of anilines is 1. The maximum atomic E-state index is 13.6. The lowest BCUT2D eigenvalue weighted by molar-refractivity contribution is -0.116. The number of hydrogen-bond acceptors (Lipinski definition) is 5.